The molecule has 1 aliphatic rings. The number of esters is 1. The molecule has 0 bridgehead atoms. The molecule has 1 fully saturated rings. The minimum Gasteiger partial charge on any atom is -0.462 e. The van der Waals surface area contributed by atoms with Crippen molar-refractivity contribution in [2.75, 3.05) is 0 Å². The third-order valence-corrected chi connectivity index (χ3v) is 3.55. The Morgan fingerprint density at radius 1 is 1.25 bits per heavy atom. The zero-order valence-electron chi connectivity index (χ0n) is 11.2. The molecule has 16 heavy (non-hydrogen) atoms. The fourth-order valence-electron chi connectivity index (χ4n) is 2.66. The average Bonchev–Trinajstić information content (AvgIpc) is 2.17. The van der Waals surface area contributed by atoms with Crippen molar-refractivity contribution in [2.24, 2.45) is 11.3 Å². The van der Waals surface area contributed by atoms with Gasteiger partial charge in [0, 0.05) is 12.3 Å². The van der Waals surface area contributed by atoms with Crippen molar-refractivity contribution in [3.63, 3.8) is 0 Å². The highest BCUT2D eigenvalue weighted by molar-refractivity contribution is 5.69. The number of hydrogen-bond acceptors (Lipinski definition) is 2. The molecule has 2 heteroatoms. The second-order valence-corrected chi connectivity index (χ2v) is 6.04. The van der Waals surface area contributed by atoms with Crippen molar-refractivity contribution in [1.29, 1.82) is 0 Å². The van der Waals surface area contributed by atoms with E-state index in [1.807, 2.05) is 6.92 Å². The van der Waals surface area contributed by atoms with Crippen LogP contribution in [0.2, 0.25) is 0 Å². The summed E-state index contributed by atoms with van der Waals surface area (Å²) >= 11 is 0. The largest absolute Gasteiger partial charge is 0.462 e. The lowest BCUT2D eigenvalue weighted by Gasteiger charge is -2.39. The predicted molar refractivity (Wildman–Crippen MR) is 66.2 cm³/mol. The SMILES string of the molecule is CCCC(=O)OC1CCCCC1C(C)(C)C. The first kappa shape index (κ1) is 13.5. The maximum absolute atomic E-state index is 11.6. The number of rotatable bonds is 3. The molecule has 2 nitrogen and oxygen atoms in total. The van der Waals surface area contributed by atoms with E-state index >= 15 is 0 Å². The molecule has 1 saturated carbocycles. The van der Waals surface area contributed by atoms with Crippen LogP contribution >= 0.6 is 0 Å². The average molecular weight is 226 g/mol. The molecule has 0 heterocycles. The molecule has 94 valence electrons. The Morgan fingerprint density at radius 3 is 2.44 bits per heavy atom. The Bertz CT molecular complexity index is 227. The molecule has 0 aromatic carbocycles. The highest BCUT2D eigenvalue weighted by Gasteiger charge is 2.36. The summed E-state index contributed by atoms with van der Waals surface area (Å²) in [5.74, 6) is 0.519. The van der Waals surface area contributed by atoms with E-state index in [9.17, 15) is 4.79 Å². The van der Waals surface area contributed by atoms with Crippen LogP contribution in [-0.2, 0) is 9.53 Å². The molecule has 0 aliphatic heterocycles. The van der Waals surface area contributed by atoms with Crippen LogP contribution < -0.4 is 0 Å². The Kier molecular flexibility index (Phi) is 4.82. The second kappa shape index (κ2) is 5.70. The van der Waals surface area contributed by atoms with E-state index in [2.05, 4.69) is 20.8 Å². The summed E-state index contributed by atoms with van der Waals surface area (Å²) in [6, 6.07) is 0. The fraction of sp³-hybridized carbons (Fsp3) is 0.929. The molecule has 0 N–H and O–H groups in total. The van der Waals surface area contributed by atoms with E-state index in [-0.39, 0.29) is 17.5 Å². The fourth-order valence-corrected chi connectivity index (χ4v) is 2.66. The van der Waals surface area contributed by atoms with Gasteiger partial charge in [0.1, 0.15) is 6.10 Å². The smallest absolute Gasteiger partial charge is 0.306 e. The topological polar surface area (TPSA) is 26.3 Å². The van der Waals surface area contributed by atoms with Gasteiger partial charge >= 0.3 is 5.97 Å². The van der Waals surface area contributed by atoms with Gasteiger partial charge in [0.15, 0.2) is 0 Å². The minimum atomic E-state index is -0.0105. The van der Waals surface area contributed by atoms with Gasteiger partial charge in [-0.1, -0.05) is 34.1 Å². The normalized spacial score (nSPS) is 26.5. The van der Waals surface area contributed by atoms with Crippen molar-refractivity contribution in [2.45, 2.75) is 72.3 Å². The molecule has 2 unspecified atom stereocenters. The first-order chi connectivity index (χ1) is 7.45. The molecule has 0 aromatic rings. The summed E-state index contributed by atoms with van der Waals surface area (Å²) in [6.45, 7) is 8.78. The maximum Gasteiger partial charge on any atom is 0.306 e. The van der Waals surface area contributed by atoms with E-state index in [0.29, 0.717) is 12.3 Å². The van der Waals surface area contributed by atoms with E-state index in [4.69, 9.17) is 4.74 Å². The Labute approximate surface area is 99.8 Å². The van der Waals surface area contributed by atoms with Crippen molar-refractivity contribution < 1.29 is 9.53 Å². The van der Waals surface area contributed by atoms with E-state index in [0.717, 1.165) is 12.8 Å². The summed E-state index contributed by atoms with van der Waals surface area (Å²) in [6.07, 6.45) is 6.34. The van der Waals surface area contributed by atoms with Crippen LogP contribution in [0.4, 0.5) is 0 Å². The Hall–Kier alpha value is -0.530. The molecule has 0 aromatic heterocycles. The van der Waals surface area contributed by atoms with E-state index < -0.39 is 0 Å². The lowest BCUT2D eigenvalue weighted by molar-refractivity contribution is -0.156. The molecular formula is C14H26O2. The minimum absolute atomic E-state index is 0.0105. The van der Waals surface area contributed by atoms with Gasteiger partial charge in [-0.2, -0.15) is 0 Å². The lowest BCUT2D eigenvalue weighted by Crippen LogP contribution is -2.37. The number of carbonyl (C=O) groups is 1. The van der Waals surface area contributed by atoms with Crippen molar-refractivity contribution >= 4 is 5.97 Å². The first-order valence-corrected chi connectivity index (χ1v) is 6.64. The van der Waals surface area contributed by atoms with Gasteiger partial charge in [0.2, 0.25) is 0 Å². The summed E-state index contributed by atoms with van der Waals surface area (Å²) in [4.78, 5) is 11.6. The highest BCUT2D eigenvalue weighted by Crippen LogP contribution is 2.39. The third kappa shape index (κ3) is 3.80. The van der Waals surface area contributed by atoms with Gasteiger partial charge in [0.05, 0.1) is 0 Å². The molecule has 1 rings (SSSR count). The molecule has 0 amide bonds. The van der Waals surface area contributed by atoms with Crippen LogP contribution in [0.5, 0.6) is 0 Å². The maximum atomic E-state index is 11.6. The van der Waals surface area contributed by atoms with Crippen LogP contribution in [0.15, 0.2) is 0 Å². The monoisotopic (exact) mass is 226 g/mol. The third-order valence-electron chi connectivity index (χ3n) is 3.55. The number of hydrogen-bond donors (Lipinski definition) is 0. The highest BCUT2D eigenvalue weighted by atomic mass is 16.5. The summed E-state index contributed by atoms with van der Waals surface area (Å²) in [5.41, 5.74) is 0.248. The Balaban J connectivity index is 2.57. The number of carbonyl (C=O) groups excluding carboxylic acids is 1. The summed E-state index contributed by atoms with van der Waals surface area (Å²) in [5, 5.41) is 0. The zero-order valence-corrected chi connectivity index (χ0v) is 11.2. The lowest BCUT2D eigenvalue weighted by atomic mass is 9.70. The van der Waals surface area contributed by atoms with E-state index in [1.54, 1.807) is 0 Å². The van der Waals surface area contributed by atoms with Crippen molar-refractivity contribution in [1.82, 2.24) is 0 Å². The number of ether oxygens (including phenoxy) is 1. The van der Waals surface area contributed by atoms with Gasteiger partial charge in [-0.15, -0.1) is 0 Å². The van der Waals surface area contributed by atoms with Crippen LogP contribution in [-0.4, -0.2) is 12.1 Å². The molecular weight excluding hydrogens is 200 g/mol. The summed E-state index contributed by atoms with van der Waals surface area (Å²) < 4.78 is 5.63. The van der Waals surface area contributed by atoms with Gasteiger partial charge in [-0.05, 0) is 31.1 Å². The van der Waals surface area contributed by atoms with Crippen molar-refractivity contribution in [3.05, 3.63) is 0 Å². The van der Waals surface area contributed by atoms with Gasteiger partial charge < -0.3 is 4.74 Å². The van der Waals surface area contributed by atoms with Gasteiger partial charge in [0.25, 0.3) is 0 Å². The van der Waals surface area contributed by atoms with Crippen LogP contribution in [0.3, 0.4) is 0 Å². The van der Waals surface area contributed by atoms with Crippen molar-refractivity contribution in [3.8, 4) is 0 Å². The second-order valence-electron chi connectivity index (χ2n) is 6.04. The van der Waals surface area contributed by atoms with E-state index in [1.165, 1.54) is 19.3 Å². The molecule has 0 radical (unpaired) electrons. The Morgan fingerprint density at radius 2 is 1.88 bits per heavy atom. The molecule has 0 spiro atoms. The standard InChI is InChI=1S/C14H26O2/c1-5-8-13(15)16-12-10-7-6-9-11(12)14(2,3)4/h11-12H,5-10H2,1-4H3. The van der Waals surface area contributed by atoms with Gasteiger partial charge in [-0.3, -0.25) is 4.79 Å². The van der Waals surface area contributed by atoms with Gasteiger partial charge in [-0.25, -0.2) is 0 Å². The van der Waals surface area contributed by atoms with Crippen LogP contribution in [0.25, 0.3) is 0 Å². The molecule has 0 saturated heterocycles. The molecule has 2 atom stereocenters. The predicted octanol–water partition coefficient (Wildman–Crippen LogP) is 3.93. The summed E-state index contributed by atoms with van der Waals surface area (Å²) in [7, 11) is 0. The molecule has 1 aliphatic carbocycles. The van der Waals surface area contributed by atoms with Crippen LogP contribution in [0, 0.1) is 11.3 Å². The zero-order chi connectivity index (χ0) is 12.2. The quantitative estimate of drug-likeness (QED) is 0.681. The van der Waals surface area contributed by atoms with Crippen LogP contribution in [0.1, 0.15) is 66.2 Å². The first-order valence-electron chi connectivity index (χ1n) is 6.64.